The van der Waals surface area contributed by atoms with Gasteiger partial charge in [0.15, 0.2) is 0 Å². The molecule has 1 heterocycles. The fraction of sp³-hybridized carbons (Fsp3) is 0.182. The van der Waals surface area contributed by atoms with Gasteiger partial charge in [-0.25, -0.2) is 9.37 Å². The number of nitrogens with zero attached hydrogens (tertiary/aromatic N) is 2. The van der Waals surface area contributed by atoms with Gasteiger partial charge in [0, 0.05) is 23.4 Å². The van der Waals surface area contributed by atoms with Crippen molar-refractivity contribution in [3.63, 3.8) is 0 Å². The van der Waals surface area contributed by atoms with Crippen LogP contribution in [-0.4, -0.2) is 9.55 Å². The van der Waals surface area contributed by atoms with Gasteiger partial charge in [0.25, 0.3) is 0 Å². The lowest BCUT2D eigenvalue weighted by Gasteiger charge is -2.08. The van der Waals surface area contributed by atoms with Crippen molar-refractivity contribution in [1.82, 2.24) is 9.55 Å². The number of halogens is 2. The number of hydrogen-bond donors (Lipinski definition) is 1. The van der Waals surface area contributed by atoms with E-state index in [1.54, 1.807) is 12.3 Å². The molecule has 0 aliphatic rings. The van der Waals surface area contributed by atoms with Crippen LogP contribution in [-0.2, 0) is 13.1 Å². The molecule has 0 saturated carbocycles. The molecule has 0 unspecified atom stereocenters. The summed E-state index contributed by atoms with van der Waals surface area (Å²) in [7, 11) is 0. The third kappa shape index (κ3) is 2.31. The van der Waals surface area contributed by atoms with Crippen LogP contribution in [0.4, 0.5) is 4.39 Å². The van der Waals surface area contributed by atoms with Gasteiger partial charge in [-0.3, -0.25) is 0 Å². The molecular weight excluding hydrogens is 273 g/mol. The van der Waals surface area contributed by atoms with Crippen LogP contribution in [0, 0.1) is 5.82 Å². The van der Waals surface area contributed by atoms with E-state index in [4.69, 9.17) is 5.73 Å². The van der Waals surface area contributed by atoms with Gasteiger partial charge in [-0.15, -0.1) is 0 Å². The third-order valence-corrected chi connectivity index (χ3v) is 3.08. The monoisotopic (exact) mass is 283 g/mol. The Morgan fingerprint density at radius 3 is 2.94 bits per heavy atom. The number of nitrogens with two attached hydrogens (primary N) is 1. The Morgan fingerprint density at radius 1 is 1.44 bits per heavy atom. The highest BCUT2D eigenvalue weighted by molar-refractivity contribution is 9.10. The molecule has 0 spiro atoms. The van der Waals surface area contributed by atoms with Crippen molar-refractivity contribution in [2.75, 3.05) is 0 Å². The summed E-state index contributed by atoms with van der Waals surface area (Å²) < 4.78 is 15.6. The molecule has 0 aliphatic carbocycles. The van der Waals surface area contributed by atoms with E-state index in [0.717, 1.165) is 15.9 Å². The fourth-order valence-electron chi connectivity index (χ4n) is 1.51. The van der Waals surface area contributed by atoms with Crippen LogP contribution >= 0.6 is 15.9 Å². The van der Waals surface area contributed by atoms with Gasteiger partial charge in [-0.2, -0.15) is 0 Å². The predicted molar refractivity (Wildman–Crippen MR) is 63.3 cm³/mol. The SMILES string of the molecule is NCc1nccn1Cc1ccc(F)cc1Br. The van der Waals surface area contributed by atoms with Gasteiger partial charge in [-0.1, -0.05) is 22.0 Å². The van der Waals surface area contributed by atoms with Gasteiger partial charge < -0.3 is 10.3 Å². The average Bonchev–Trinajstić information content (AvgIpc) is 2.69. The quantitative estimate of drug-likeness (QED) is 0.939. The minimum Gasteiger partial charge on any atom is -0.329 e. The smallest absolute Gasteiger partial charge is 0.124 e. The van der Waals surface area contributed by atoms with Crippen LogP contribution in [0.5, 0.6) is 0 Å². The number of rotatable bonds is 3. The van der Waals surface area contributed by atoms with E-state index < -0.39 is 0 Å². The summed E-state index contributed by atoms with van der Waals surface area (Å²) in [4.78, 5) is 4.13. The van der Waals surface area contributed by atoms with E-state index >= 15 is 0 Å². The zero-order chi connectivity index (χ0) is 11.5. The second kappa shape index (κ2) is 4.76. The summed E-state index contributed by atoms with van der Waals surface area (Å²) in [5.41, 5.74) is 6.55. The topological polar surface area (TPSA) is 43.8 Å². The first kappa shape index (κ1) is 11.3. The first-order chi connectivity index (χ1) is 7.70. The Bertz CT molecular complexity index is 496. The first-order valence-electron chi connectivity index (χ1n) is 4.84. The molecule has 0 amide bonds. The predicted octanol–water partition coefficient (Wildman–Crippen LogP) is 2.29. The van der Waals surface area contributed by atoms with E-state index in [2.05, 4.69) is 20.9 Å². The molecule has 1 aromatic carbocycles. The molecule has 0 saturated heterocycles. The molecule has 0 radical (unpaired) electrons. The summed E-state index contributed by atoms with van der Waals surface area (Å²) >= 11 is 3.33. The van der Waals surface area contributed by atoms with Gasteiger partial charge >= 0.3 is 0 Å². The van der Waals surface area contributed by atoms with Gasteiger partial charge in [-0.05, 0) is 17.7 Å². The Morgan fingerprint density at radius 2 is 2.25 bits per heavy atom. The Balaban J connectivity index is 2.27. The van der Waals surface area contributed by atoms with Crippen LogP contribution in [0.1, 0.15) is 11.4 Å². The van der Waals surface area contributed by atoms with Crippen molar-refractivity contribution in [3.8, 4) is 0 Å². The molecule has 16 heavy (non-hydrogen) atoms. The molecule has 5 heteroatoms. The summed E-state index contributed by atoms with van der Waals surface area (Å²) in [6.07, 6.45) is 3.57. The molecule has 2 N–H and O–H groups in total. The van der Waals surface area contributed by atoms with Crippen molar-refractivity contribution in [2.45, 2.75) is 13.1 Å². The minimum absolute atomic E-state index is 0.250. The highest BCUT2D eigenvalue weighted by Gasteiger charge is 2.05. The molecule has 3 nitrogen and oxygen atoms in total. The van der Waals surface area contributed by atoms with E-state index in [-0.39, 0.29) is 5.82 Å². The zero-order valence-corrected chi connectivity index (χ0v) is 10.1. The lowest BCUT2D eigenvalue weighted by Crippen LogP contribution is -2.09. The van der Waals surface area contributed by atoms with Crippen molar-refractivity contribution in [3.05, 3.63) is 52.3 Å². The molecule has 0 fully saturated rings. The van der Waals surface area contributed by atoms with Crippen molar-refractivity contribution in [1.29, 1.82) is 0 Å². The molecule has 2 rings (SSSR count). The summed E-state index contributed by atoms with van der Waals surface area (Å²) in [6, 6.07) is 4.65. The van der Waals surface area contributed by atoms with E-state index in [0.29, 0.717) is 13.1 Å². The van der Waals surface area contributed by atoms with Crippen LogP contribution < -0.4 is 5.73 Å². The van der Waals surface area contributed by atoms with Crippen LogP contribution in [0.2, 0.25) is 0 Å². The highest BCUT2D eigenvalue weighted by atomic mass is 79.9. The van der Waals surface area contributed by atoms with Crippen molar-refractivity contribution < 1.29 is 4.39 Å². The molecule has 2 aromatic rings. The van der Waals surface area contributed by atoms with Crippen LogP contribution in [0.15, 0.2) is 35.1 Å². The van der Waals surface area contributed by atoms with Crippen molar-refractivity contribution >= 4 is 15.9 Å². The second-order valence-electron chi connectivity index (χ2n) is 3.41. The maximum absolute atomic E-state index is 12.9. The summed E-state index contributed by atoms with van der Waals surface area (Å²) in [5.74, 6) is 0.566. The standard InChI is InChI=1S/C11H11BrFN3/c12-10-5-9(13)2-1-8(10)7-16-4-3-15-11(16)6-14/h1-5H,6-7,14H2. The van der Waals surface area contributed by atoms with Crippen molar-refractivity contribution in [2.24, 2.45) is 5.73 Å². The Kier molecular flexibility index (Phi) is 3.36. The summed E-state index contributed by atoms with van der Waals surface area (Å²) in [5, 5.41) is 0. The Labute approximate surface area is 101 Å². The maximum atomic E-state index is 12.9. The fourth-order valence-corrected chi connectivity index (χ4v) is 1.98. The molecule has 0 bridgehead atoms. The molecular formula is C11H11BrFN3. The second-order valence-corrected chi connectivity index (χ2v) is 4.27. The molecule has 0 aliphatic heterocycles. The van der Waals surface area contributed by atoms with E-state index in [1.807, 2.05) is 10.8 Å². The molecule has 0 atom stereocenters. The largest absolute Gasteiger partial charge is 0.329 e. The molecule has 84 valence electrons. The highest BCUT2D eigenvalue weighted by Crippen LogP contribution is 2.19. The van der Waals surface area contributed by atoms with E-state index in [9.17, 15) is 4.39 Å². The van der Waals surface area contributed by atoms with Gasteiger partial charge in [0.1, 0.15) is 11.6 Å². The zero-order valence-electron chi connectivity index (χ0n) is 8.53. The number of aromatic nitrogens is 2. The lowest BCUT2D eigenvalue weighted by molar-refractivity contribution is 0.624. The maximum Gasteiger partial charge on any atom is 0.124 e. The minimum atomic E-state index is -0.250. The van der Waals surface area contributed by atoms with Gasteiger partial charge in [0.2, 0.25) is 0 Å². The van der Waals surface area contributed by atoms with Crippen LogP contribution in [0.25, 0.3) is 0 Å². The number of imidazole rings is 1. The van der Waals surface area contributed by atoms with E-state index in [1.165, 1.54) is 12.1 Å². The van der Waals surface area contributed by atoms with Gasteiger partial charge in [0.05, 0.1) is 6.54 Å². The Hall–Kier alpha value is -1.20. The number of benzene rings is 1. The molecule has 1 aromatic heterocycles. The van der Waals surface area contributed by atoms with Crippen LogP contribution in [0.3, 0.4) is 0 Å². The summed E-state index contributed by atoms with van der Waals surface area (Å²) in [6.45, 7) is 1.03. The third-order valence-electron chi connectivity index (χ3n) is 2.34. The normalized spacial score (nSPS) is 10.7. The lowest BCUT2D eigenvalue weighted by atomic mass is 10.2. The average molecular weight is 284 g/mol. The first-order valence-corrected chi connectivity index (χ1v) is 5.64. The number of hydrogen-bond acceptors (Lipinski definition) is 2.